The normalized spacial score (nSPS) is 18.7. The molecule has 31 heavy (non-hydrogen) atoms. The molecule has 164 valence electrons. The SMILES string of the molecule is CC(C)(C)OC(=O)N1C(=O)[C@@H](Cc2ccnc(F)c2)C[C@@H]1C(=O)OCc1ccccc1. The summed E-state index contributed by atoms with van der Waals surface area (Å²) in [6, 6.07) is 10.8. The van der Waals surface area contributed by atoms with Crippen LogP contribution in [0.4, 0.5) is 9.18 Å². The van der Waals surface area contributed by atoms with Crippen LogP contribution in [0, 0.1) is 11.9 Å². The molecule has 0 radical (unpaired) electrons. The Morgan fingerprint density at radius 3 is 2.52 bits per heavy atom. The van der Waals surface area contributed by atoms with Gasteiger partial charge in [-0.1, -0.05) is 30.3 Å². The van der Waals surface area contributed by atoms with E-state index in [4.69, 9.17) is 9.47 Å². The summed E-state index contributed by atoms with van der Waals surface area (Å²) in [7, 11) is 0. The number of aromatic nitrogens is 1. The van der Waals surface area contributed by atoms with Crippen molar-refractivity contribution in [2.75, 3.05) is 0 Å². The number of nitrogens with zero attached hydrogens (tertiary/aromatic N) is 2. The molecule has 1 saturated heterocycles. The van der Waals surface area contributed by atoms with Crippen molar-refractivity contribution >= 4 is 18.0 Å². The van der Waals surface area contributed by atoms with Gasteiger partial charge in [0.1, 0.15) is 18.2 Å². The first kappa shape index (κ1) is 22.4. The van der Waals surface area contributed by atoms with Crippen LogP contribution in [0.25, 0.3) is 0 Å². The molecule has 2 heterocycles. The van der Waals surface area contributed by atoms with Crippen LogP contribution >= 0.6 is 0 Å². The van der Waals surface area contributed by atoms with Gasteiger partial charge in [0.15, 0.2) is 0 Å². The van der Waals surface area contributed by atoms with Gasteiger partial charge in [-0.05, 0) is 56.9 Å². The lowest BCUT2D eigenvalue weighted by molar-refractivity contribution is -0.152. The lowest BCUT2D eigenvalue weighted by Gasteiger charge is -2.26. The van der Waals surface area contributed by atoms with Crippen LogP contribution in [0.1, 0.15) is 38.3 Å². The molecule has 0 N–H and O–H groups in total. The fraction of sp³-hybridized carbons (Fsp3) is 0.391. The van der Waals surface area contributed by atoms with Crippen LogP contribution in [0.15, 0.2) is 48.7 Å². The topological polar surface area (TPSA) is 85.8 Å². The maximum Gasteiger partial charge on any atom is 0.417 e. The third-order valence-electron chi connectivity index (χ3n) is 4.77. The molecule has 7 nitrogen and oxygen atoms in total. The Hall–Kier alpha value is -3.29. The van der Waals surface area contributed by atoms with Crippen LogP contribution in [0.3, 0.4) is 0 Å². The van der Waals surface area contributed by atoms with Crippen molar-refractivity contribution in [3.05, 3.63) is 65.7 Å². The van der Waals surface area contributed by atoms with Gasteiger partial charge in [-0.2, -0.15) is 4.39 Å². The largest absolute Gasteiger partial charge is 0.459 e. The highest BCUT2D eigenvalue weighted by Gasteiger charge is 2.48. The molecule has 1 aromatic carbocycles. The summed E-state index contributed by atoms with van der Waals surface area (Å²) in [6.45, 7) is 5.04. The van der Waals surface area contributed by atoms with Gasteiger partial charge in [0, 0.05) is 12.1 Å². The Morgan fingerprint density at radius 2 is 1.87 bits per heavy atom. The molecule has 2 aromatic rings. The molecule has 2 atom stereocenters. The number of benzene rings is 1. The van der Waals surface area contributed by atoms with Crippen molar-refractivity contribution in [2.45, 2.75) is 51.9 Å². The second-order valence-corrected chi connectivity index (χ2v) is 8.42. The molecule has 0 aliphatic carbocycles. The summed E-state index contributed by atoms with van der Waals surface area (Å²) < 4.78 is 24.2. The smallest absolute Gasteiger partial charge is 0.417 e. The lowest BCUT2D eigenvalue weighted by atomic mass is 9.97. The van der Waals surface area contributed by atoms with Crippen LogP contribution in [-0.2, 0) is 32.1 Å². The minimum absolute atomic E-state index is 0.0206. The predicted molar refractivity (Wildman–Crippen MR) is 109 cm³/mol. The number of imide groups is 1. The second-order valence-electron chi connectivity index (χ2n) is 8.42. The zero-order chi connectivity index (χ0) is 22.6. The van der Waals surface area contributed by atoms with Crippen LogP contribution < -0.4 is 0 Å². The number of halogens is 1. The number of esters is 1. The summed E-state index contributed by atoms with van der Waals surface area (Å²) >= 11 is 0. The summed E-state index contributed by atoms with van der Waals surface area (Å²) in [5.74, 6) is -2.59. The molecule has 0 unspecified atom stereocenters. The average Bonchev–Trinajstić information content (AvgIpc) is 3.02. The van der Waals surface area contributed by atoms with E-state index >= 15 is 0 Å². The number of hydrogen-bond donors (Lipinski definition) is 0. The summed E-state index contributed by atoms with van der Waals surface area (Å²) in [5.41, 5.74) is 0.489. The van der Waals surface area contributed by atoms with E-state index < -0.39 is 41.5 Å². The summed E-state index contributed by atoms with van der Waals surface area (Å²) in [6.07, 6.45) is 0.638. The zero-order valence-corrected chi connectivity index (χ0v) is 17.7. The quantitative estimate of drug-likeness (QED) is 0.534. The maximum atomic E-state index is 13.4. The molecule has 2 amide bonds. The van der Waals surface area contributed by atoms with Crippen molar-refractivity contribution < 1.29 is 28.2 Å². The third-order valence-corrected chi connectivity index (χ3v) is 4.77. The highest BCUT2D eigenvalue weighted by molar-refractivity contribution is 6.00. The first-order chi connectivity index (χ1) is 14.6. The first-order valence-corrected chi connectivity index (χ1v) is 10.0. The van der Waals surface area contributed by atoms with Gasteiger partial charge in [0.2, 0.25) is 11.9 Å². The van der Waals surface area contributed by atoms with Gasteiger partial charge in [0.05, 0.1) is 0 Å². The number of hydrogen-bond acceptors (Lipinski definition) is 6. The molecule has 1 aliphatic rings. The van der Waals surface area contributed by atoms with E-state index in [1.807, 2.05) is 18.2 Å². The maximum absolute atomic E-state index is 13.4. The Balaban J connectivity index is 1.78. The highest BCUT2D eigenvalue weighted by Crippen LogP contribution is 2.30. The summed E-state index contributed by atoms with van der Waals surface area (Å²) in [5, 5.41) is 0. The minimum atomic E-state index is -1.11. The van der Waals surface area contributed by atoms with Crippen molar-refractivity contribution in [1.29, 1.82) is 0 Å². The standard InChI is InChI=1S/C23H25FN2O5/c1-23(2,3)31-22(29)26-18(21(28)30-14-15-7-5-4-6-8-15)13-17(20(26)27)11-16-9-10-25-19(24)12-16/h4-10,12,17-18H,11,13-14H2,1-3H3/t17-,18+/m0/s1. The molecule has 3 rings (SSSR count). The molecular weight excluding hydrogens is 403 g/mol. The molecule has 1 aromatic heterocycles. The predicted octanol–water partition coefficient (Wildman–Crippen LogP) is 3.66. The summed E-state index contributed by atoms with van der Waals surface area (Å²) in [4.78, 5) is 42.9. The average molecular weight is 428 g/mol. The van der Waals surface area contributed by atoms with E-state index in [0.29, 0.717) is 5.56 Å². The van der Waals surface area contributed by atoms with E-state index in [1.165, 1.54) is 12.3 Å². The van der Waals surface area contributed by atoms with E-state index in [1.54, 1.807) is 39.0 Å². The van der Waals surface area contributed by atoms with Gasteiger partial charge in [-0.15, -0.1) is 0 Å². The Labute approximate surface area is 180 Å². The Kier molecular flexibility index (Phi) is 6.68. The number of carbonyl (C=O) groups is 3. The first-order valence-electron chi connectivity index (χ1n) is 10.0. The fourth-order valence-electron chi connectivity index (χ4n) is 3.41. The van der Waals surface area contributed by atoms with E-state index in [2.05, 4.69) is 4.98 Å². The molecule has 1 aliphatic heterocycles. The van der Waals surface area contributed by atoms with E-state index in [0.717, 1.165) is 10.5 Å². The van der Waals surface area contributed by atoms with Gasteiger partial charge in [0.25, 0.3) is 0 Å². The van der Waals surface area contributed by atoms with Crippen LogP contribution in [-0.4, -0.2) is 39.5 Å². The molecular formula is C23H25FN2O5. The van der Waals surface area contributed by atoms with E-state index in [9.17, 15) is 18.8 Å². The number of likely N-dealkylation sites (tertiary alicyclic amines) is 1. The van der Waals surface area contributed by atoms with Gasteiger partial charge >= 0.3 is 12.1 Å². The van der Waals surface area contributed by atoms with Crippen molar-refractivity contribution in [2.24, 2.45) is 5.92 Å². The van der Waals surface area contributed by atoms with E-state index in [-0.39, 0.29) is 19.4 Å². The van der Waals surface area contributed by atoms with Crippen molar-refractivity contribution in [1.82, 2.24) is 9.88 Å². The number of amides is 2. The number of pyridine rings is 1. The van der Waals surface area contributed by atoms with Gasteiger partial charge in [-0.3, -0.25) is 4.79 Å². The number of rotatable bonds is 5. The van der Waals surface area contributed by atoms with Gasteiger partial charge < -0.3 is 9.47 Å². The molecule has 8 heteroatoms. The number of carbonyl (C=O) groups excluding carboxylic acids is 3. The molecule has 0 saturated carbocycles. The molecule has 0 bridgehead atoms. The Morgan fingerprint density at radius 1 is 1.16 bits per heavy atom. The minimum Gasteiger partial charge on any atom is -0.459 e. The Bertz CT molecular complexity index is 958. The molecule has 1 fully saturated rings. The van der Waals surface area contributed by atoms with Crippen molar-refractivity contribution in [3.8, 4) is 0 Å². The molecule has 0 spiro atoms. The highest BCUT2D eigenvalue weighted by atomic mass is 19.1. The monoisotopic (exact) mass is 428 g/mol. The lowest BCUT2D eigenvalue weighted by Crippen LogP contribution is -2.46. The van der Waals surface area contributed by atoms with Crippen LogP contribution in [0.2, 0.25) is 0 Å². The fourth-order valence-corrected chi connectivity index (χ4v) is 3.41. The third kappa shape index (κ3) is 5.87. The van der Waals surface area contributed by atoms with Crippen LogP contribution in [0.5, 0.6) is 0 Å². The second kappa shape index (κ2) is 9.24. The van der Waals surface area contributed by atoms with Crippen molar-refractivity contribution in [3.63, 3.8) is 0 Å². The number of ether oxygens (including phenoxy) is 2. The van der Waals surface area contributed by atoms with Gasteiger partial charge in [-0.25, -0.2) is 19.5 Å². The zero-order valence-electron chi connectivity index (χ0n) is 17.7.